The molecule has 6 heteroatoms. The van der Waals surface area contributed by atoms with E-state index in [0.29, 0.717) is 17.8 Å². The zero-order chi connectivity index (χ0) is 15.1. The van der Waals surface area contributed by atoms with Crippen molar-refractivity contribution >= 4 is 26.6 Å². The standard InChI is InChI=1S/C15H15N3O2S/c1-15(6-7-21(19,20)10-15)18-14-12(9-16)8-11-4-2-3-5-13(11)17-14/h2-5,8H,6-7,10H2,1H3,(H,17,18). The number of pyridine rings is 1. The molecule has 3 rings (SSSR count). The lowest BCUT2D eigenvalue weighted by Crippen LogP contribution is -2.36. The molecule has 0 spiro atoms. The third kappa shape index (κ3) is 2.69. The van der Waals surface area contributed by atoms with E-state index < -0.39 is 15.4 Å². The van der Waals surface area contributed by atoms with Crippen LogP contribution in [0, 0.1) is 11.3 Å². The maximum atomic E-state index is 11.7. The molecule has 21 heavy (non-hydrogen) atoms. The van der Waals surface area contributed by atoms with Crippen LogP contribution in [0.15, 0.2) is 30.3 Å². The lowest BCUT2D eigenvalue weighted by Gasteiger charge is -2.25. The number of para-hydroxylation sites is 1. The fourth-order valence-corrected chi connectivity index (χ4v) is 4.78. The maximum Gasteiger partial charge on any atom is 0.152 e. The highest BCUT2D eigenvalue weighted by Gasteiger charge is 2.38. The molecule has 0 aliphatic carbocycles. The van der Waals surface area contributed by atoms with Gasteiger partial charge in [0.15, 0.2) is 9.84 Å². The molecular weight excluding hydrogens is 286 g/mol. The van der Waals surface area contributed by atoms with Gasteiger partial charge in [-0.1, -0.05) is 18.2 Å². The fraction of sp³-hybridized carbons (Fsp3) is 0.333. The second kappa shape index (κ2) is 4.71. The Bertz CT molecular complexity index is 855. The normalized spacial score (nSPS) is 23.8. The van der Waals surface area contributed by atoms with Crippen molar-refractivity contribution in [2.45, 2.75) is 18.9 Å². The second-order valence-electron chi connectivity index (χ2n) is 5.72. The van der Waals surface area contributed by atoms with E-state index in [2.05, 4.69) is 16.4 Å². The van der Waals surface area contributed by atoms with Gasteiger partial charge in [-0.3, -0.25) is 0 Å². The molecule has 0 amide bonds. The van der Waals surface area contributed by atoms with Crippen LogP contribution in [-0.4, -0.2) is 30.4 Å². The molecule has 1 aliphatic heterocycles. The first kappa shape index (κ1) is 13.8. The number of hydrogen-bond acceptors (Lipinski definition) is 5. The lowest BCUT2D eigenvalue weighted by molar-refractivity contribution is 0.572. The second-order valence-corrected chi connectivity index (χ2v) is 7.90. The topological polar surface area (TPSA) is 82.8 Å². The Kier molecular flexibility index (Phi) is 3.10. The number of nitriles is 1. The maximum absolute atomic E-state index is 11.7. The van der Waals surface area contributed by atoms with Crippen molar-refractivity contribution in [3.63, 3.8) is 0 Å². The Morgan fingerprint density at radius 3 is 2.81 bits per heavy atom. The Balaban J connectivity index is 2.02. The predicted octanol–water partition coefficient (Wildman–Crippen LogP) is 2.10. The van der Waals surface area contributed by atoms with E-state index in [0.717, 1.165) is 10.9 Å². The molecule has 108 valence electrons. The van der Waals surface area contributed by atoms with E-state index in [1.54, 1.807) is 6.07 Å². The smallest absolute Gasteiger partial charge is 0.152 e. The van der Waals surface area contributed by atoms with E-state index in [1.807, 2.05) is 31.2 Å². The number of nitrogens with zero attached hydrogens (tertiary/aromatic N) is 2. The van der Waals surface area contributed by atoms with Crippen LogP contribution in [0.3, 0.4) is 0 Å². The summed E-state index contributed by atoms with van der Waals surface area (Å²) in [7, 11) is -3.01. The van der Waals surface area contributed by atoms with Crippen molar-refractivity contribution < 1.29 is 8.42 Å². The first-order chi connectivity index (χ1) is 9.91. The van der Waals surface area contributed by atoms with E-state index in [-0.39, 0.29) is 11.5 Å². The van der Waals surface area contributed by atoms with Gasteiger partial charge in [-0.05, 0) is 25.5 Å². The first-order valence-corrected chi connectivity index (χ1v) is 8.51. The average Bonchev–Trinajstić information content (AvgIpc) is 2.71. The lowest BCUT2D eigenvalue weighted by atomic mass is 10.0. The summed E-state index contributed by atoms with van der Waals surface area (Å²) in [5.41, 5.74) is 0.641. The molecule has 0 saturated carbocycles. The molecule has 1 fully saturated rings. The van der Waals surface area contributed by atoms with Crippen LogP contribution in [0.4, 0.5) is 5.82 Å². The van der Waals surface area contributed by atoms with Crippen LogP contribution in [0.25, 0.3) is 10.9 Å². The van der Waals surface area contributed by atoms with Crippen molar-refractivity contribution in [1.29, 1.82) is 5.26 Å². The minimum Gasteiger partial charge on any atom is -0.363 e. The molecule has 1 aromatic heterocycles. The molecule has 5 nitrogen and oxygen atoms in total. The highest BCUT2D eigenvalue weighted by Crippen LogP contribution is 2.29. The molecule has 1 unspecified atom stereocenters. The monoisotopic (exact) mass is 301 g/mol. The van der Waals surface area contributed by atoms with Crippen molar-refractivity contribution in [3.05, 3.63) is 35.9 Å². The number of fused-ring (bicyclic) bond motifs is 1. The Morgan fingerprint density at radius 2 is 2.14 bits per heavy atom. The average molecular weight is 301 g/mol. The summed E-state index contributed by atoms with van der Waals surface area (Å²) < 4.78 is 23.4. The Labute approximate surface area is 123 Å². The molecule has 0 radical (unpaired) electrons. The minimum absolute atomic E-state index is 0.0688. The zero-order valence-corrected chi connectivity index (χ0v) is 12.4. The number of hydrogen-bond donors (Lipinski definition) is 1. The van der Waals surface area contributed by atoms with Crippen LogP contribution in [0.5, 0.6) is 0 Å². The molecular formula is C15H15N3O2S. The number of rotatable bonds is 2. The van der Waals surface area contributed by atoms with Gasteiger partial charge in [-0.25, -0.2) is 13.4 Å². The van der Waals surface area contributed by atoms with Crippen molar-refractivity contribution in [2.75, 3.05) is 16.8 Å². The molecule has 1 atom stereocenters. The van der Waals surface area contributed by atoms with E-state index in [1.165, 1.54) is 0 Å². The van der Waals surface area contributed by atoms with Gasteiger partial charge in [0, 0.05) is 5.39 Å². The van der Waals surface area contributed by atoms with Crippen molar-refractivity contribution in [1.82, 2.24) is 4.98 Å². The Morgan fingerprint density at radius 1 is 1.38 bits per heavy atom. The summed E-state index contributed by atoms with van der Waals surface area (Å²) in [4.78, 5) is 4.47. The van der Waals surface area contributed by atoms with Gasteiger partial charge in [-0.15, -0.1) is 0 Å². The number of benzene rings is 1. The van der Waals surface area contributed by atoms with Crippen molar-refractivity contribution in [3.8, 4) is 6.07 Å². The third-order valence-corrected chi connectivity index (χ3v) is 5.67. The van der Waals surface area contributed by atoms with Gasteiger partial charge in [0.2, 0.25) is 0 Å². The molecule has 2 aromatic rings. The number of aromatic nitrogens is 1. The minimum atomic E-state index is -3.01. The Hall–Kier alpha value is -2.13. The molecule has 1 aliphatic rings. The largest absolute Gasteiger partial charge is 0.363 e. The number of nitrogens with one attached hydrogen (secondary N) is 1. The van der Waals surface area contributed by atoms with E-state index in [9.17, 15) is 13.7 Å². The summed E-state index contributed by atoms with van der Waals surface area (Å²) >= 11 is 0. The molecule has 1 N–H and O–H groups in total. The zero-order valence-electron chi connectivity index (χ0n) is 11.6. The van der Waals surface area contributed by atoms with Crippen LogP contribution in [-0.2, 0) is 9.84 Å². The van der Waals surface area contributed by atoms with Gasteiger partial charge in [0.05, 0.1) is 28.1 Å². The summed E-state index contributed by atoms with van der Waals surface area (Å²) in [6, 6.07) is 11.4. The summed E-state index contributed by atoms with van der Waals surface area (Å²) in [6.45, 7) is 1.86. The van der Waals surface area contributed by atoms with Gasteiger partial charge in [0.25, 0.3) is 0 Å². The first-order valence-electron chi connectivity index (χ1n) is 6.69. The summed E-state index contributed by atoms with van der Waals surface area (Å²) in [6.07, 6.45) is 0.523. The van der Waals surface area contributed by atoms with Gasteiger partial charge in [-0.2, -0.15) is 5.26 Å². The number of sulfone groups is 1. The quantitative estimate of drug-likeness (QED) is 0.918. The van der Waals surface area contributed by atoms with Gasteiger partial charge in [0.1, 0.15) is 11.9 Å². The highest BCUT2D eigenvalue weighted by molar-refractivity contribution is 7.91. The molecule has 2 heterocycles. The molecule has 1 aromatic carbocycles. The summed E-state index contributed by atoms with van der Waals surface area (Å²) in [5.74, 6) is 0.696. The molecule has 0 bridgehead atoms. The van der Waals surface area contributed by atoms with Crippen LogP contribution in [0.2, 0.25) is 0 Å². The number of anilines is 1. The predicted molar refractivity (Wildman–Crippen MR) is 81.8 cm³/mol. The third-order valence-electron chi connectivity index (χ3n) is 3.77. The highest BCUT2D eigenvalue weighted by atomic mass is 32.2. The van der Waals surface area contributed by atoms with Crippen LogP contribution < -0.4 is 5.32 Å². The SMILES string of the molecule is CC1(Nc2nc3ccccc3cc2C#N)CCS(=O)(=O)C1. The van der Waals surface area contributed by atoms with E-state index in [4.69, 9.17) is 0 Å². The van der Waals surface area contributed by atoms with Crippen molar-refractivity contribution in [2.24, 2.45) is 0 Å². The van der Waals surface area contributed by atoms with Gasteiger partial charge >= 0.3 is 0 Å². The summed E-state index contributed by atoms with van der Waals surface area (Å²) in [5, 5.41) is 13.4. The fourth-order valence-electron chi connectivity index (χ4n) is 2.69. The van der Waals surface area contributed by atoms with Crippen LogP contribution in [0.1, 0.15) is 18.9 Å². The molecule has 1 saturated heterocycles. The van der Waals surface area contributed by atoms with Gasteiger partial charge < -0.3 is 5.32 Å². The van der Waals surface area contributed by atoms with E-state index >= 15 is 0 Å². The van der Waals surface area contributed by atoms with Crippen LogP contribution >= 0.6 is 0 Å².